The second-order valence-corrected chi connectivity index (χ2v) is 8.36. The quantitative estimate of drug-likeness (QED) is 0.881. The Morgan fingerprint density at radius 2 is 1.87 bits per heavy atom. The molecule has 0 radical (unpaired) electrons. The summed E-state index contributed by atoms with van der Waals surface area (Å²) in [5.74, 6) is -0.282. The van der Waals surface area contributed by atoms with Crippen molar-refractivity contribution >= 4 is 23.3 Å². The van der Waals surface area contributed by atoms with E-state index in [-0.39, 0.29) is 23.9 Å². The Hall–Kier alpha value is -1.63. The minimum atomic E-state index is -0.607. The van der Waals surface area contributed by atoms with Crippen LogP contribution in [0.1, 0.15) is 65.2 Å². The average molecular weight is 341 g/mol. The van der Waals surface area contributed by atoms with Gasteiger partial charge in [0.1, 0.15) is 17.2 Å². The highest BCUT2D eigenvalue weighted by Crippen LogP contribution is 2.26. The van der Waals surface area contributed by atoms with Gasteiger partial charge in [-0.15, -0.1) is 11.3 Å². The van der Waals surface area contributed by atoms with Crippen molar-refractivity contribution in [3.63, 3.8) is 0 Å². The van der Waals surface area contributed by atoms with Gasteiger partial charge in [-0.1, -0.05) is 20.8 Å². The van der Waals surface area contributed by atoms with Gasteiger partial charge in [-0.2, -0.15) is 0 Å². The van der Waals surface area contributed by atoms with E-state index in [1.54, 1.807) is 20.8 Å². The SMILES string of the molecule is C[C@@H](NC(=O)CNC(=O)OC(C)(C)C)c1nc(C(C)(C)C)cs1. The van der Waals surface area contributed by atoms with Crippen molar-refractivity contribution in [3.05, 3.63) is 16.1 Å². The summed E-state index contributed by atoms with van der Waals surface area (Å²) in [6.45, 7) is 13.3. The molecule has 0 unspecified atom stereocenters. The third kappa shape index (κ3) is 6.99. The molecule has 1 aromatic rings. The molecule has 7 heteroatoms. The van der Waals surface area contributed by atoms with Gasteiger partial charge >= 0.3 is 6.09 Å². The van der Waals surface area contributed by atoms with Crippen molar-refractivity contribution < 1.29 is 14.3 Å². The lowest BCUT2D eigenvalue weighted by Crippen LogP contribution is -2.40. The minimum absolute atomic E-state index is 0.0171. The molecule has 23 heavy (non-hydrogen) atoms. The maximum absolute atomic E-state index is 11.9. The molecular weight excluding hydrogens is 314 g/mol. The molecule has 0 fully saturated rings. The fourth-order valence-corrected chi connectivity index (χ4v) is 2.70. The Bertz CT molecular complexity index is 556. The number of rotatable bonds is 4. The van der Waals surface area contributed by atoms with Gasteiger partial charge in [0.05, 0.1) is 11.7 Å². The maximum Gasteiger partial charge on any atom is 0.408 e. The molecule has 0 aromatic carbocycles. The van der Waals surface area contributed by atoms with Gasteiger partial charge < -0.3 is 15.4 Å². The highest BCUT2D eigenvalue weighted by molar-refractivity contribution is 7.09. The van der Waals surface area contributed by atoms with Crippen LogP contribution >= 0.6 is 11.3 Å². The van der Waals surface area contributed by atoms with E-state index >= 15 is 0 Å². The minimum Gasteiger partial charge on any atom is -0.444 e. The first kappa shape index (κ1) is 19.4. The van der Waals surface area contributed by atoms with Crippen LogP contribution in [0.5, 0.6) is 0 Å². The number of alkyl carbamates (subject to hydrolysis) is 1. The molecule has 1 atom stereocenters. The maximum atomic E-state index is 11.9. The lowest BCUT2D eigenvalue weighted by molar-refractivity contribution is -0.120. The largest absolute Gasteiger partial charge is 0.444 e. The van der Waals surface area contributed by atoms with Gasteiger partial charge in [-0.3, -0.25) is 4.79 Å². The van der Waals surface area contributed by atoms with E-state index in [1.165, 1.54) is 11.3 Å². The van der Waals surface area contributed by atoms with Crippen molar-refractivity contribution in [2.24, 2.45) is 0 Å². The lowest BCUT2D eigenvalue weighted by Gasteiger charge is -2.19. The fourth-order valence-electron chi connectivity index (χ4n) is 1.65. The summed E-state index contributed by atoms with van der Waals surface area (Å²) < 4.78 is 5.08. The molecule has 0 aliphatic rings. The van der Waals surface area contributed by atoms with Gasteiger partial charge in [0.2, 0.25) is 5.91 Å². The molecule has 1 aromatic heterocycles. The normalized spacial score (nSPS) is 13.3. The Kier molecular flexibility index (Phi) is 6.16. The zero-order valence-electron chi connectivity index (χ0n) is 14.9. The predicted molar refractivity (Wildman–Crippen MR) is 91.6 cm³/mol. The molecule has 0 aliphatic carbocycles. The van der Waals surface area contributed by atoms with Crippen LogP contribution in [-0.4, -0.2) is 29.1 Å². The number of carbonyl (C=O) groups excluding carboxylic acids is 2. The number of carbonyl (C=O) groups is 2. The summed E-state index contributed by atoms with van der Waals surface area (Å²) in [5, 5.41) is 8.11. The number of amides is 2. The van der Waals surface area contributed by atoms with E-state index in [1.807, 2.05) is 12.3 Å². The first-order valence-electron chi connectivity index (χ1n) is 7.60. The number of hydrogen-bond donors (Lipinski definition) is 2. The summed E-state index contributed by atoms with van der Waals surface area (Å²) in [4.78, 5) is 28.0. The molecule has 1 rings (SSSR count). The second-order valence-electron chi connectivity index (χ2n) is 7.47. The standard InChI is InChI=1S/C16H27N3O3S/c1-10(13-19-11(9-23-13)15(2,3)4)18-12(20)8-17-14(21)22-16(5,6)7/h9-10H,8H2,1-7H3,(H,17,21)(H,18,20)/t10-/m1/s1. The van der Waals surface area contributed by atoms with E-state index in [0.717, 1.165) is 10.7 Å². The summed E-state index contributed by atoms with van der Waals surface area (Å²) in [7, 11) is 0. The molecular formula is C16H27N3O3S. The highest BCUT2D eigenvalue weighted by Gasteiger charge is 2.21. The smallest absolute Gasteiger partial charge is 0.408 e. The number of hydrogen-bond acceptors (Lipinski definition) is 5. The molecule has 0 spiro atoms. The zero-order valence-corrected chi connectivity index (χ0v) is 15.8. The average Bonchev–Trinajstić information content (AvgIpc) is 2.83. The van der Waals surface area contributed by atoms with Crippen LogP contribution in [0.25, 0.3) is 0 Å². The van der Waals surface area contributed by atoms with E-state index in [9.17, 15) is 9.59 Å². The zero-order chi connectivity index (χ0) is 17.8. The number of aromatic nitrogens is 1. The molecule has 1 heterocycles. The summed E-state index contributed by atoms with van der Waals surface area (Å²) in [5.41, 5.74) is 0.403. The van der Waals surface area contributed by atoms with E-state index in [4.69, 9.17) is 4.74 Å². The molecule has 6 nitrogen and oxygen atoms in total. The Balaban J connectivity index is 2.48. The van der Waals surface area contributed by atoms with Crippen molar-refractivity contribution in [1.82, 2.24) is 15.6 Å². The predicted octanol–water partition coefficient (Wildman–Crippen LogP) is 3.14. The van der Waals surface area contributed by atoms with Crippen LogP contribution in [0, 0.1) is 0 Å². The van der Waals surface area contributed by atoms with Gasteiger partial charge in [-0.25, -0.2) is 9.78 Å². The Morgan fingerprint density at radius 3 is 2.35 bits per heavy atom. The Labute approximate surface area is 142 Å². The highest BCUT2D eigenvalue weighted by atomic mass is 32.1. The first-order valence-corrected chi connectivity index (χ1v) is 8.48. The van der Waals surface area contributed by atoms with Crippen LogP contribution in [0.4, 0.5) is 4.79 Å². The summed E-state index contributed by atoms with van der Waals surface area (Å²) in [6.07, 6.45) is -0.607. The Morgan fingerprint density at radius 1 is 1.26 bits per heavy atom. The fraction of sp³-hybridized carbons (Fsp3) is 0.688. The summed E-state index contributed by atoms with van der Waals surface area (Å²) in [6, 6.07) is -0.205. The number of thiazole rings is 1. The molecule has 130 valence electrons. The van der Waals surface area contributed by atoms with Crippen molar-refractivity contribution in [2.75, 3.05) is 6.54 Å². The van der Waals surface area contributed by atoms with Crippen molar-refractivity contribution in [1.29, 1.82) is 0 Å². The van der Waals surface area contributed by atoms with Crippen LogP contribution in [0.15, 0.2) is 5.38 Å². The van der Waals surface area contributed by atoms with Crippen LogP contribution in [0.3, 0.4) is 0 Å². The molecule has 2 amide bonds. The topological polar surface area (TPSA) is 80.3 Å². The van der Waals surface area contributed by atoms with Gasteiger partial charge in [0, 0.05) is 10.8 Å². The number of ether oxygens (including phenoxy) is 1. The van der Waals surface area contributed by atoms with Gasteiger partial charge in [0.15, 0.2) is 0 Å². The van der Waals surface area contributed by atoms with Gasteiger partial charge in [0.25, 0.3) is 0 Å². The number of nitrogens with one attached hydrogen (secondary N) is 2. The van der Waals surface area contributed by atoms with Crippen molar-refractivity contribution in [3.8, 4) is 0 Å². The third-order valence-corrected chi connectivity index (χ3v) is 3.86. The van der Waals surface area contributed by atoms with E-state index in [2.05, 4.69) is 36.4 Å². The number of nitrogens with zero attached hydrogens (tertiary/aromatic N) is 1. The molecule has 0 saturated carbocycles. The summed E-state index contributed by atoms with van der Waals surface area (Å²) >= 11 is 1.52. The second kappa shape index (κ2) is 7.29. The van der Waals surface area contributed by atoms with Crippen LogP contribution < -0.4 is 10.6 Å². The van der Waals surface area contributed by atoms with Crippen LogP contribution in [-0.2, 0) is 14.9 Å². The first-order chi connectivity index (χ1) is 10.4. The lowest BCUT2D eigenvalue weighted by atomic mass is 9.93. The van der Waals surface area contributed by atoms with E-state index < -0.39 is 11.7 Å². The third-order valence-electron chi connectivity index (χ3n) is 2.83. The van der Waals surface area contributed by atoms with E-state index in [0.29, 0.717) is 0 Å². The van der Waals surface area contributed by atoms with Crippen molar-refractivity contribution in [2.45, 2.75) is 65.5 Å². The monoisotopic (exact) mass is 341 g/mol. The molecule has 0 bridgehead atoms. The van der Waals surface area contributed by atoms with Crippen LogP contribution in [0.2, 0.25) is 0 Å². The molecule has 0 saturated heterocycles. The van der Waals surface area contributed by atoms with Gasteiger partial charge in [-0.05, 0) is 27.7 Å². The molecule has 0 aliphatic heterocycles. The molecule has 2 N–H and O–H groups in total.